The van der Waals surface area contributed by atoms with E-state index in [9.17, 15) is 14.3 Å². The molecule has 16 heavy (non-hydrogen) atoms. The van der Waals surface area contributed by atoms with Gasteiger partial charge in [0.2, 0.25) is 5.76 Å². The Morgan fingerprint density at radius 3 is 2.69 bits per heavy atom. The lowest BCUT2D eigenvalue weighted by Crippen LogP contribution is -2.05. The molecule has 1 atom stereocenters. The minimum atomic E-state index is -0.943. The number of hydrogen-bond donors (Lipinski definition) is 1. The maximum Gasteiger partial charge on any atom is 0.374 e. The van der Waals surface area contributed by atoms with Gasteiger partial charge in [-0.2, -0.15) is 0 Å². The van der Waals surface area contributed by atoms with Gasteiger partial charge in [-0.1, -0.05) is 17.7 Å². The highest BCUT2D eigenvalue weighted by molar-refractivity contribution is 6.31. The Hall–Kier alpha value is -1.55. The van der Waals surface area contributed by atoms with Crippen LogP contribution in [0.25, 0.3) is 0 Å². The average Bonchev–Trinajstić information content (AvgIpc) is 2.47. The maximum absolute atomic E-state index is 13.5. The third-order valence-corrected chi connectivity index (χ3v) is 2.78. The predicted molar refractivity (Wildman–Crippen MR) is 55.6 cm³/mol. The molecule has 2 rings (SSSR count). The summed E-state index contributed by atoms with van der Waals surface area (Å²) in [5.41, 5.74) is 0.330. The summed E-state index contributed by atoms with van der Waals surface area (Å²) in [6.07, 6.45) is -0.943. The smallest absolute Gasteiger partial charge is 0.374 e. The lowest BCUT2D eigenvalue weighted by molar-refractivity contribution is -0.142. The zero-order chi connectivity index (χ0) is 11.9. The summed E-state index contributed by atoms with van der Waals surface area (Å²) in [6.45, 7) is 1.49. The van der Waals surface area contributed by atoms with E-state index in [0.717, 1.165) is 0 Å². The molecule has 0 unspecified atom stereocenters. The van der Waals surface area contributed by atoms with Gasteiger partial charge in [0.05, 0.1) is 10.6 Å². The molecule has 0 aliphatic carbocycles. The summed E-state index contributed by atoms with van der Waals surface area (Å²) in [5, 5.41) is 9.48. The summed E-state index contributed by atoms with van der Waals surface area (Å²) in [7, 11) is 0. The van der Waals surface area contributed by atoms with Crippen molar-refractivity contribution in [3.8, 4) is 0 Å². The fourth-order valence-corrected chi connectivity index (χ4v) is 1.84. The van der Waals surface area contributed by atoms with Crippen LogP contribution in [0.15, 0.2) is 29.5 Å². The molecule has 0 saturated heterocycles. The topological polar surface area (TPSA) is 46.5 Å². The molecule has 84 valence electrons. The number of carbonyl (C=O) groups is 1. The number of hydrogen-bond acceptors (Lipinski definition) is 3. The van der Waals surface area contributed by atoms with Crippen molar-refractivity contribution in [1.29, 1.82) is 0 Å². The van der Waals surface area contributed by atoms with Crippen LogP contribution in [0.5, 0.6) is 0 Å². The average molecular weight is 243 g/mol. The van der Waals surface area contributed by atoms with Crippen molar-refractivity contribution < 1.29 is 19.0 Å². The third-order valence-electron chi connectivity index (χ3n) is 2.45. The van der Waals surface area contributed by atoms with Crippen LogP contribution in [-0.2, 0) is 9.53 Å². The van der Waals surface area contributed by atoms with Gasteiger partial charge >= 0.3 is 5.97 Å². The van der Waals surface area contributed by atoms with Crippen LogP contribution < -0.4 is 0 Å². The van der Waals surface area contributed by atoms with Crippen molar-refractivity contribution in [2.24, 2.45) is 0 Å². The van der Waals surface area contributed by atoms with Gasteiger partial charge in [-0.05, 0) is 19.1 Å². The lowest BCUT2D eigenvalue weighted by Gasteiger charge is -2.13. The highest BCUT2D eigenvalue weighted by Crippen LogP contribution is 2.38. The summed E-state index contributed by atoms with van der Waals surface area (Å²) in [6, 6.07) is 4.17. The number of rotatable bonds is 1. The van der Waals surface area contributed by atoms with Gasteiger partial charge in [-0.25, -0.2) is 9.18 Å². The van der Waals surface area contributed by atoms with Crippen molar-refractivity contribution in [3.05, 3.63) is 45.9 Å². The number of halogens is 2. The van der Waals surface area contributed by atoms with Crippen LogP contribution in [0.2, 0.25) is 5.02 Å². The molecular weight excluding hydrogens is 235 g/mol. The van der Waals surface area contributed by atoms with E-state index in [4.69, 9.17) is 16.3 Å². The summed E-state index contributed by atoms with van der Waals surface area (Å²) < 4.78 is 18.4. The number of ether oxygens (including phenoxy) is 1. The number of carbonyl (C=O) groups excluding carboxylic acids is 1. The van der Waals surface area contributed by atoms with E-state index in [-0.39, 0.29) is 16.2 Å². The van der Waals surface area contributed by atoms with Gasteiger partial charge in [-0.3, -0.25) is 0 Å². The number of cyclic esters (lactones) is 1. The number of aliphatic hydroxyl groups is 1. The fourth-order valence-electron chi connectivity index (χ4n) is 1.57. The molecule has 1 heterocycles. The van der Waals surface area contributed by atoms with E-state index in [1.165, 1.54) is 25.1 Å². The Kier molecular flexibility index (Phi) is 2.59. The second-order valence-electron chi connectivity index (χ2n) is 3.45. The Morgan fingerprint density at radius 2 is 2.19 bits per heavy atom. The van der Waals surface area contributed by atoms with Crippen molar-refractivity contribution in [2.75, 3.05) is 0 Å². The molecule has 1 aliphatic rings. The third kappa shape index (κ3) is 1.55. The number of benzene rings is 1. The number of esters is 1. The molecule has 1 N–H and O–H groups in total. The maximum atomic E-state index is 13.5. The molecule has 0 fully saturated rings. The van der Waals surface area contributed by atoms with Crippen LogP contribution >= 0.6 is 11.6 Å². The Labute approximate surface area is 96.1 Å². The van der Waals surface area contributed by atoms with E-state index in [1.54, 1.807) is 0 Å². The standard InChI is InChI=1S/C11H8ClFO3/c1-5-9(14)11(15)16-10(5)8-6(12)3-2-4-7(8)13/h2-4,10,14H,1H3/t10-/m0/s1. The van der Waals surface area contributed by atoms with E-state index in [1.807, 2.05) is 0 Å². The minimum Gasteiger partial charge on any atom is -0.502 e. The fraction of sp³-hybridized carbons (Fsp3) is 0.182. The molecule has 0 saturated carbocycles. The SMILES string of the molecule is CC1=C(O)C(=O)O[C@@H]1c1c(F)cccc1Cl. The second-order valence-corrected chi connectivity index (χ2v) is 3.86. The van der Waals surface area contributed by atoms with Crippen molar-refractivity contribution in [3.63, 3.8) is 0 Å². The van der Waals surface area contributed by atoms with Crippen LogP contribution in [0.3, 0.4) is 0 Å². The normalized spacial score (nSPS) is 20.2. The largest absolute Gasteiger partial charge is 0.502 e. The van der Waals surface area contributed by atoms with Gasteiger partial charge in [0.15, 0.2) is 6.10 Å². The van der Waals surface area contributed by atoms with Crippen molar-refractivity contribution >= 4 is 17.6 Å². The molecule has 5 heteroatoms. The first-order valence-corrected chi connectivity index (χ1v) is 4.94. The molecule has 1 aromatic carbocycles. The van der Waals surface area contributed by atoms with Gasteiger partial charge in [-0.15, -0.1) is 0 Å². The first kappa shape index (κ1) is 11.0. The van der Waals surface area contributed by atoms with Gasteiger partial charge in [0.25, 0.3) is 0 Å². The van der Waals surface area contributed by atoms with Crippen LogP contribution in [0.1, 0.15) is 18.6 Å². The van der Waals surface area contributed by atoms with E-state index in [2.05, 4.69) is 0 Å². The Morgan fingerprint density at radius 1 is 1.50 bits per heavy atom. The molecule has 0 radical (unpaired) electrons. The predicted octanol–water partition coefficient (Wildman–Crippen LogP) is 2.91. The second kappa shape index (κ2) is 3.79. The van der Waals surface area contributed by atoms with Crippen molar-refractivity contribution in [1.82, 2.24) is 0 Å². The molecule has 0 spiro atoms. The minimum absolute atomic E-state index is 0.0686. The first-order valence-electron chi connectivity index (χ1n) is 4.57. The summed E-state index contributed by atoms with van der Waals surface area (Å²) in [4.78, 5) is 11.1. The first-order chi connectivity index (χ1) is 7.52. The van der Waals surface area contributed by atoms with E-state index < -0.39 is 23.6 Å². The van der Waals surface area contributed by atoms with E-state index in [0.29, 0.717) is 0 Å². The Bertz CT molecular complexity index is 476. The summed E-state index contributed by atoms with van der Waals surface area (Å²) >= 11 is 5.83. The van der Waals surface area contributed by atoms with Gasteiger partial charge in [0, 0.05) is 5.57 Å². The molecular formula is C11H8ClFO3. The molecule has 0 aromatic heterocycles. The zero-order valence-electron chi connectivity index (χ0n) is 8.33. The lowest BCUT2D eigenvalue weighted by atomic mass is 10.0. The van der Waals surface area contributed by atoms with Crippen LogP contribution in [0.4, 0.5) is 4.39 Å². The molecule has 0 amide bonds. The molecule has 0 bridgehead atoms. The number of aliphatic hydroxyl groups excluding tert-OH is 1. The van der Waals surface area contributed by atoms with E-state index >= 15 is 0 Å². The van der Waals surface area contributed by atoms with Gasteiger partial charge in [0.1, 0.15) is 5.82 Å². The molecule has 1 aliphatic heterocycles. The Balaban J connectivity index is 2.52. The van der Waals surface area contributed by atoms with Crippen molar-refractivity contribution in [2.45, 2.75) is 13.0 Å². The molecule has 1 aromatic rings. The monoisotopic (exact) mass is 242 g/mol. The van der Waals surface area contributed by atoms with Gasteiger partial charge < -0.3 is 9.84 Å². The molecule has 3 nitrogen and oxygen atoms in total. The highest BCUT2D eigenvalue weighted by Gasteiger charge is 2.35. The van der Waals surface area contributed by atoms with Crippen LogP contribution in [-0.4, -0.2) is 11.1 Å². The highest BCUT2D eigenvalue weighted by atomic mass is 35.5. The summed E-state index contributed by atoms with van der Waals surface area (Å²) in [5.74, 6) is -1.91. The van der Waals surface area contributed by atoms with Crippen LogP contribution in [0, 0.1) is 5.82 Å². The zero-order valence-corrected chi connectivity index (χ0v) is 9.08. The quantitative estimate of drug-likeness (QED) is 0.771.